The molecule has 3 rings (SSSR count). The molecule has 1 heterocycles. The van der Waals surface area contributed by atoms with Crippen molar-refractivity contribution in [1.29, 1.82) is 0 Å². The molecule has 2 aromatic carbocycles. The number of hydrogen-bond donors (Lipinski definition) is 0. The quantitative estimate of drug-likeness (QED) is 0.776. The predicted octanol–water partition coefficient (Wildman–Crippen LogP) is 4.18. The van der Waals surface area contributed by atoms with Crippen molar-refractivity contribution in [1.82, 2.24) is 4.90 Å². The number of likely N-dealkylation sites (tertiary alicyclic amines) is 1. The summed E-state index contributed by atoms with van der Waals surface area (Å²) in [5, 5.41) is 0.670. The van der Waals surface area contributed by atoms with Crippen molar-refractivity contribution in [3.8, 4) is 11.5 Å². The van der Waals surface area contributed by atoms with Gasteiger partial charge in [0.25, 0.3) is 0 Å². The first-order valence-electron chi connectivity index (χ1n) is 8.58. The van der Waals surface area contributed by atoms with E-state index in [0.717, 1.165) is 37.4 Å². The molecule has 0 atom stereocenters. The summed E-state index contributed by atoms with van der Waals surface area (Å²) in [6.07, 6.45) is 2.19. The lowest BCUT2D eigenvalue weighted by Crippen LogP contribution is -2.42. The van der Waals surface area contributed by atoms with Crippen LogP contribution in [0.3, 0.4) is 0 Å². The average Bonchev–Trinajstić information content (AvgIpc) is 2.63. The Morgan fingerprint density at radius 2 is 1.76 bits per heavy atom. The van der Waals surface area contributed by atoms with Crippen LogP contribution in [-0.4, -0.2) is 36.6 Å². The summed E-state index contributed by atoms with van der Waals surface area (Å²) in [6.45, 7) is 1.84. The van der Waals surface area contributed by atoms with Gasteiger partial charge in [-0.25, -0.2) is 0 Å². The molecule has 5 heteroatoms. The second-order valence-electron chi connectivity index (χ2n) is 6.07. The predicted molar refractivity (Wildman–Crippen MR) is 98.2 cm³/mol. The number of rotatable bonds is 6. The zero-order valence-electron chi connectivity index (χ0n) is 14.1. The molecular formula is C20H22ClNO3. The highest BCUT2D eigenvalue weighted by atomic mass is 35.5. The fourth-order valence-electron chi connectivity index (χ4n) is 2.89. The maximum atomic E-state index is 12.3. The molecule has 0 spiro atoms. The Kier molecular flexibility index (Phi) is 6.18. The van der Waals surface area contributed by atoms with Gasteiger partial charge in [0.1, 0.15) is 17.6 Å². The number of carbonyl (C=O) groups excluding carboxylic acids is 1. The van der Waals surface area contributed by atoms with Crippen LogP contribution in [0.1, 0.15) is 19.3 Å². The van der Waals surface area contributed by atoms with E-state index in [1.54, 1.807) is 0 Å². The molecule has 4 nitrogen and oxygen atoms in total. The van der Waals surface area contributed by atoms with Gasteiger partial charge in [-0.1, -0.05) is 35.9 Å². The van der Waals surface area contributed by atoms with Gasteiger partial charge < -0.3 is 14.4 Å². The second-order valence-corrected chi connectivity index (χ2v) is 6.50. The molecule has 0 aliphatic carbocycles. The monoisotopic (exact) mass is 359 g/mol. The molecule has 0 N–H and O–H groups in total. The van der Waals surface area contributed by atoms with Crippen LogP contribution in [0, 0.1) is 0 Å². The lowest BCUT2D eigenvalue weighted by Gasteiger charge is -2.32. The molecule has 1 saturated heterocycles. The van der Waals surface area contributed by atoms with Crippen molar-refractivity contribution in [2.75, 3.05) is 19.7 Å². The number of ether oxygens (including phenoxy) is 2. The van der Waals surface area contributed by atoms with Crippen LogP contribution in [0.4, 0.5) is 0 Å². The minimum atomic E-state index is 0.128. The van der Waals surface area contributed by atoms with E-state index in [1.807, 2.05) is 59.5 Å². The first-order chi connectivity index (χ1) is 12.2. The number of nitrogens with zero attached hydrogens (tertiary/aromatic N) is 1. The molecule has 0 saturated carbocycles. The lowest BCUT2D eigenvalue weighted by atomic mass is 10.1. The number of piperidine rings is 1. The molecule has 0 radical (unpaired) electrons. The highest BCUT2D eigenvalue weighted by molar-refractivity contribution is 6.30. The molecular weight excluding hydrogens is 338 g/mol. The molecule has 1 aliphatic rings. The maximum Gasteiger partial charge on any atom is 0.226 e. The molecule has 1 fully saturated rings. The Morgan fingerprint density at radius 3 is 2.48 bits per heavy atom. The van der Waals surface area contributed by atoms with Crippen molar-refractivity contribution in [3.05, 3.63) is 59.6 Å². The minimum Gasteiger partial charge on any atom is -0.493 e. The molecule has 25 heavy (non-hydrogen) atoms. The van der Waals surface area contributed by atoms with E-state index < -0.39 is 0 Å². The number of halogens is 1. The summed E-state index contributed by atoms with van der Waals surface area (Å²) < 4.78 is 11.6. The number of benzene rings is 2. The van der Waals surface area contributed by atoms with Gasteiger partial charge in [-0.15, -0.1) is 0 Å². The summed E-state index contributed by atoms with van der Waals surface area (Å²) in [5.41, 5.74) is 0. The third-order valence-electron chi connectivity index (χ3n) is 4.22. The molecule has 1 aliphatic heterocycles. The van der Waals surface area contributed by atoms with Gasteiger partial charge in [0.2, 0.25) is 5.91 Å². The van der Waals surface area contributed by atoms with Crippen LogP contribution in [0.2, 0.25) is 5.02 Å². The van der Waals surface area contributed by atoms with E-state index in [2.05, 4.69) is 0 Å². The van der Waals surface area contributed by atoms with Crippen LogP contribution < -0.4 is 9.47 Å². The zero-order chi connectivity index (χ0) is 17.5. The summed E-state index contributed by atoms with van der Waals surface area (Å²) in [5.74, 6) is 1.72. The summed E-state index contributed by atoms with van der Waals surface area (Å²) in [7, 11) is 0. The van der Waals surface area contributed by atoms with E-state index in [0.29, 0.717) is 18.1 Å². The Hall–Kier alpha value is -2.20. The van der Waals surface area contributed by atoms with Gasteiger partial charge in [0.15, 0.2) is 0 Å². The summed E-state index contributed by atoms with van der Waals surface area (Å²) >= 11 is 5.98. The largest absolute Gasteiger partial charge is 0.493 e. The first-order valence-corrected chi connectivity index (χ1v) is 8.96. The van der Waals surface area contributed by atoms with Gasteiger partial charge in [-0.05, 0) is 30.3 Å². The second kappa shape index (κ2) is 8.77. The molecule has 0 aromatic heterocycles. The topological polar surface area (TPSA) is 38.8 Å². The highest BCUT2D eigenvalue weighted by Crippen LogP contribution is 2.22. The van der Waals surface area contributed by atoms with Crippen LogP contribution in [-0.2, 0) is 4.79 Å². The van der Waals surface area contributed by atoms with Gasteiger partial charge in [-0.2, -0.15) is 0 Å². The van der Waals surface area contributed by atoms with Crippen molar-refractivity contribution >= 4 is 17.5 Å². The Labute approximate surface area is 153 Å². The standard InChI is InChI=1S/C20H22ClNO3/c21-16-5-4-8-19(15-16)25-18-9-12-22(13-10-18)20(23)11-14-24-17-6-2-1-3-7-17/h1-8,15,18H,9-14H2. The van der Waals surface area contributed by atoms with Crippen molar-refractivity contribution in [2.24, 2.45) is 0 Å². The third kappa shape index (κ3) is 5.40. The van der Waals surface area contributed by atoms with Crippen LogP contribution in [0.25, 0.3) is 0 Å². The van der Waals surface area contributed by atoms with E-state index in [1.165, 1.54) is 0 Å². The third-order valence-corrected chi connectivity index (χ3v) is 4.46. The molecule has 0 bridgehead atoms. The van der Waals surface area contributed by atoms with Gasteiger partial charge in [0.05, 0.1) is 13.0 Å². The molecule has 0 unspecified atom stereocenters. The number of hydrogen-bond acceptors (Lipinski definition) is 3. The Balaban J connectivity index is 1.38. The fraction of sp³-hybridized carbons (Fsp3) is 0.350. The van der Waals surface area contributed by atoms with Crippen LogP contribution in [0.15, 0.2) is 54.6 Å². The Morgan fingerprint density at radius 1 is 1.04 bits per heavy atom. The molecule has 1 amide bonds. The number of para-hydroxylation sites is 1. The maximum absolute atomic E-state index is 12.3. The average molecular weight is 360 g/mol. The lowest BCUT2D eigenvalue weighted by molar-refractivity contribution is -0.133. The van der Waals surface area contributed by atoms with E-state index in [9.17, 15) is 4.79 Å². The smallest absolute Gasteiger partial charge is 0.226 e. The van der Waals surface area contributed by atoms with E-state index in [-0.39, 0.29) is 12.0 Å². The normalized spacial score (nSPS) is 15.0. The van der Waals surface area contributed by atoms with Crippen LogP contribution in [0.5, 0.6) is 11.5 Å². The zero-order valence-corrected chi connectivity index (χ0v) is 14.8. The highest BCUT2D eigenvalue weighted by Gasteiger charge is 2.23. The summed E-state index contributed by atoms with van der Waals surface area (Å²) in [4.78, 5) is 14.2. The van der Waals surface area contributed by atoms with E-state index >= 15 is 0 Å². The fourth-order valence-corrected chi connectivity index (χ4v) is 3.07. The van der Waals surface area contributed by atoms with Gasteiger partial charge >= 0.3 is 0 Å². The van der Waals surface area contributed by atoms with Crippen molar-refractivity contribution in [3.63, 3.8) is 0 Å². The molecule has 2 aromatic rings. The minimum absolute atomic E-state index is 0.128. The van der Waals surface area contributed by atoms with E-state index in [4.69, 9.17) is 21.1 Å². The van der Waals surface area contributed by atoms with Gasteiger partial charge in [-0.3, -0.25) is 4.79 Å². The van der Waals surface area contributed by atoms with Gasteiger partial charge in [0, 0.05) is 31.0 Å². The van der Waals surface area contributed by atoms with Crippen molar-refractivity contribution in [2.45, 2.75) is 25.4 Å². The van der Waals surface area contributed by atoms with Crippen LogP contribution >= 0.6 is 11.6 Å². The molecule has 132 valence electrons. The Bertz CT molecular complexity index is 684. The number of amides is 1. The SMILES string of the molecule is O=C(CCOc1ccccc1)N1CCC(Oc2cccc(Cl)c2)CC1. The number of carbonyl (C=O) groups is 1. The first kappa shape index (κ1) is 17.6. The van der Waals surface area contributed by atoms with Crippen molar-refractivity contribution < 1.29 is 14.3 Å². The summed E-state index contributed by atoms with van der Waals surface area (Å²) in [6, 6.07) is 17.0.